The number of aliphatic hydroxyl groups is 1. The van der Waals surface area contributed by atoms with Crippen LogP contribution in [0.1, 0.15) is 51.8 Å². The molecule has 118 valence electrons. The number of hydrogen-bond donors (Lipinski definition) is 3. The Balaban J connectivity index is 1.94. The van der Waals surface area contributed by atoms with Crippen molar-refractivity contribution < 1.29 is 5.11 Å². The van der Waals surface area contributed by atoms with Crippen LogP contribution in [0, 0.1) is 12.8 Å². The molecule has 0 aromatic carbocycles. The summed E-state index contributed by atoms with van der Waals surface area (Å²) < 4.78 is 0. The molecule has 1 saturated carbocycles. The first-order chi connectivity index (χ1) is 10.0. The van der Waals surface area contributed by atoms with Gasteiger partial charge in [-0.25, -0.2) is 9.97 Å². The molecule has 5 heteroatoms. The molecule has 0 saturated heterocycles. The molecular weight excluding hydrogens is 264 g/mol. The van der Waals surface area contributed by atoms with Crippen LogP contribution in [-0.4, -0.2) is 33.8 Å². The van der Waals surface area contributed by atoms with Crippen LogP contribution in [0.2, 0.25) is 0 Å². The summed E-state index contributed by atoms with van der Waals surface area (Å²) in [4.78, 5) is 8.77. The average molecular weight is 292 g/mol. The molecule has 1 fully saturated rings. The Bertz CT molecular complexity index is 456. The van der Waals surface area contributed by atoms with Crippen molar-refractivity contribution in [3.63, 3.8) is 0 Å². The van der Waals surface area contributed by atoms with E-state index >= 15 is 0 Å². The van der Waals surface area contributed by atoms with Gasteiger partial charge in [0.2, 0.25) is 0 Å². The molecule has 0 amide bonds. The second-order valence-corrected chi connectivity index (χ2v) is 6.37. The molecule has 5 nitrogen and oxygen atoms in total. The van der Waals surface area contributed by atoms with Crippen molar-refractivity contribution in [3.05, 3.63) is 11.9 Å². The van der Waals surface area contributed by atoms with Gasteiger partial charge in [-0.2, -0.15) is 0 Å². The molecule has 1 aromatic heterocycles. The molecule has 1 aliphatic rings. The molecule has 2 rings (SSSR count). The van der Waals surface area contributed by atoms with Gasteiger partial charge in [-0.3, -0.25) is 0 Å². The second kappa shape index (κ2) is 7.07. The van der Waals surface area contributed by atoms with E-state index in [1.54, 1.807) is 0 Å². The van der Waals surface area contributed by atoms with Crippen LogP contribution in [0.3, 0.4) is 0 Å². The summed E-state index contributed by atoms with van der Waals surface area (Å²) in [7, 11) is 0. The van der Waals surface area contributed by atoms with Crippen molar-refractivity contribution in [1.82, 2.24) is 9.97 Å². The SMILES string of the molecule is CCCNc1cc(NCC2(O)CCC(C)CC2)nc(C)n1. The lowest BCUT2D eigenvalue weighted by Crippen LogP contribution is -2.40. The highest BCUT2D eigenvalue weighted by molar-refractivity contribution is 5.47. The van der Waals surface area contributed by atoms with E-state index in [1.165, 1.54) is 0 Å². The predicted molar refractivity (Wildman–Crippen MR) is 86.6 cm³/mol. The second-order valence-electron chi connectivity index (χ2n) is 6.37. The van der Waals surface area contributed by atoms with Crippen LogP contribution in [0.25, 0.3) is 0 Å². The number of rotatable bonds is 6. The highest BCUT2D eigenvalue weighted by Crippen LogP contribution is 2.31. The maximum Gasteiger partial charge on any atom is 0.131 e. The van der Waals surface area contributed by atoms with Crippen LogP contribution >= 0.6 is 0 Å². The largest absolute Gasteiger partial charge is 0.388 e. The first kappa shape index (κ1) is 16.0. The van der Waals surface area contributed by atoms with Crippen LogP contribution < -0.4 is 10.6 Å². The first-order valence-electron chi connectivity index (χ1n) is 8.06. The molecule has 0 radical (unpaired) electrons. The fraction of sp³-hybridized carbons (Fsp3) is 0.750. The van der Waals surface area contributed by atoms with Crippen molar-refractivity contribution in [2.24, 2.45) is 5.92 Å². The van der Waals surface area contributed by atoms with E-state index in [0.29, 0.717) is 6.54 Å². The van der Waals surface area contributed by atoms with Gasteiger partial charge in [0.15, 0.2) is 0 Å². The average Bonchev–Trinajstić information content (AvgIpc) is 2.46. The zero-order valence-electron chi connectivity index (χ0n) is 13.4. The number of aryl methyl sites for hydroxylation is 1. The van der Waals surface area contributed by atoms with Crippen LogP contribution in [0.5, 0.6) is 0 Å². The lowest BCUT2D eigenvalue weighted by molar-refractivity contribution is 0.00494. The summed E-state index contributed by atoms with van der Waals surface area (Å²) in [5.41, 5.74) is -0.595. The predicted octanol–water partition coefficient (Wildman–Crippen LogP) is 2.96. The molecule has 0 atom stereocenters. The van der Waals surface area contributed by atoms with Gasteiger partial charge in [0, 0.05) is 19.2 Å². The zero-order chi connectivity index (χ0) is 15.3. The summed E-state index contributed by atoms with van der Waals surface area (Å²) >= 11 is 0. The minimum absolute atomic E-state index is 0.559. The smallest absolute Gasteiger partial charge is 0.131 e. The van der Waals surface area contributed by atoms with Gasteiger partial charge in [-0.15, -0.1) is 0 Å². The van der Waals surface area contributed by atoms with Crippen molar-refractivity contribution in [1.29, 1.82) is 0 Å². The normalized spacial score (nSPS) is 25.6. The van der Waals surface area contributed by atoms with Crippen LogP contribution in [0.4, 0.5) is 11.6 Å². The fourth-order valence-corrected chi connectivity index (χ4v) is 2.73. The molecule has 1 heterocycles. The quantitative estimate of drug-likeness (QED) is 0.752. The molecule has 0 unspecified atom stereocenters. The van der Waals surface area contributed by atoms with Gasteiger partial charge in [0.25, 0.3) is 0 Å². The summed E-state index contributed by atoms with van der Waals surface area (Å²) in [6.45, 7) is 7.73. The van der Waals surface area contributed by atoms with Crippen LogP contribution in [-0.2, 0) is 0 Å². The van der Waals surface area contributed by atoms with Gasteiger partial charge in [0.1, 0.15) is 17.5 Å². The van der Waals surface area contributed by atoms with Crippen molar-refractivity contribution in [2.75, 3.05) is 23.7 Å². The molecule has 0 spiro atoms. The third kappa shape index (κ3) is 4.84. The van der Waals surface area contributed by atoms with Gasteiger partial charge in [-0.1, -0.05) is 13.8 Å². The Morgan fingerprint density at radius 3 is 2.48 bits per heavy atom. The summed E-state index contributed by atoms with van der Waals surface area (Å²) in [6.07, 6.45) is 5.00. The zero-order valence-corrected chi connectivity index (χ0v) is 13.4. The molecule has 0 bridgehead atoms. The standard InChI is InChI=1S/C16H28N4O/c1-4-9-17-14-10-15(20-13(3)19-14)18-11-16(21)7-5-12(2)6-8-16/h10,12,21H,4-9,11H2,1-3H3,(H2,17,18,19,20). The van der Waals surface area contributed by atoms with Crippen molar-refractivity contribution >= 4 is 11.6 Å². The molecule has 0 aliphatic heterocycles. The molecule has 3 N–H and O–H groups in total. The van der Waals surface area contributed by atoms with E-state index in [4.69, 9.17) is 0 Å². The molecule has 1 aliphatic carbocycles. The highest BCUT2D eigenvalue weighted by Gasteiger charge is 2.31. The summed E-state index contributed by atoms with van der Waals surface area (Å²) in [5.74, 6) is 3.10. The minimum atomic E-state index is -0.595. The van der Waals surface area contributed by atoms with E-state index in [2.05, 4.69) is 34.4 Å². The topological polar surface area (TPSA) is 70.1 Å². The van der Waals surface area contributed by atoms with Gasteiger partial charge < -0.3 is 15.7 Å². The van der Waals surface area contributed by atoms with Crippen molar-refractivity contribution in [3.8, 4) is 0 Å². The maximum atomic E-state index is 10.6. The van der Waals surface area contributed by atoms with Crippen molar-refractivity contribution in [2.45, 2.75) is 58.5 Å². The Labute approximate surface area is 127 Å². The number of anilines is 2. The lowest BCUT2D eigenvalue weighted by Gasteiger charge is -2.35. The highest BCUT2D eigenvalue weighted by atomic mass is 16.3. The molecular formula is C16H28N4O. The van der Waals surface area contributed by atoms with Crippen LogP contribution in [0.15, 0.2) is 6.07 Å². The Morgan fingerprint density at radius 1 is 1.24 bits per heavy atom. The Morgan fingerprint density at radius 2 is 1.86 bits per heavy atom. The van der Waals surface area contributed by atoms with Gasteiger partial charge in [0.05, 0.1) is 5.60 Å². The monoisotopic (exact) mass is 292 g/mol. The number of hydrogen-bond acceptors (Lipinski definition) is 5. The Kier molecular flexibility index (Phi) is 5.39. The lowest BCUT2D eigenvalue weighted by atomic mass is 9.79. The van der Waals surface area contributed by atoms with E-state index in [1.807, 2.05) is 13.0 Å². The first-order valence-corrected chi connectivity index (χ1v) is 8.06. The fourth-order valence-electron chi connectivity index (χ4n) is 2.73. The molecule has 21 heavy (non-hydrogen) atoms. The third-order valence-electron chi connectivity index (χ3n) is 4.20. The van der Waals surface area contributed by atoms with E-state index in [9.17, 15) is 5.11 Å². The number of nitrogens with one attached hydrogen (secondary N) is 2. The Hall–Kier alpha value is -1.36. The third-order valence-corrected chi connectivity index (χ3v) is 4.20. The summed E-state index contributed by atoms with van der Waals surface area (Å²) in [6, 6.07) is 1.91. The number of nitrogens with zero attached hydrogens (tertiary/aromatic N) is 2. The van der Waals surface area contributed by atoms with E-state index in [-0.39, 0.29) is 0 Å². The van der Waals surface area contributed by atoms with Gasteiger partial charge >= 0.3 is 0 Å². The maximum absolute atomic E-state index is 10.6. The van der Waals surface area contributed by atoms with E-state index in [0.717, 1.165) is 62.0 Å². The van der Waals surface area contributed by atoms with E-state index < -0.39 is 5.60 Å². The minimum Gasteiger partial charge on any atom is -0.388 e. The van der Waals surface area contributed by atoms with Gasteiger partial charge in [-0.05, 0) is 44.9 Å². The summed E-state index contributed by atoms with van der Waals surface area (Å²) in [5, 5.41) is 17.2. The number of aromatic nitrogens is 2. The molecule has 1 aromatic rings.